The highest BCUT2D eigenvalue weighted by Crippen LogP contribution is 2.27. The van der Waals surface area contributed by atoms with Crippen molar-refractivity contribution in [1.82, 2.24) is 20.2 Å². The number of aliphatic hydroxyl groups excluding tert-OH is 2. The van der Waals surface area contributed by atoms with Crippen LogP contribution >= 0.6 is 0 Å². The summed E-state index contributed by atoms with van der Waals surface area (Å²) in [6.07, 6.45) is 4.45. The van der Waals surface area contributed by atoms with Gasteiger partial charge in [-0.15, -0.1) is 0 Å². The number of nitrogens with zero attached hydrogens (tertiary/aromatic N) is 4. The van der Waals surface area contributed by atoms with Crippen LogP contribution in [0, 0.1) is 0 Å². The third-order valence-corrected chi connectivity index (χ3v) is 7.57. The molecule has 14 nitrogen and oxygen atoms in total. The number of azo groups is 1. The topological polar surface area (TPSA) is 191 Å². The monoisotopic (exact) mass is 647 g/mol. The normalized spacial score (nSPS) is 17.7. The van der Waals surface area contributed by atoms with Crippen molar-refractivity contribution in [1.29, 1.82) is 0 Å². The smallest absolute Gasteiger partial charge is 0.330 e. The number of aromatic nitrogens is 2. The first-order chi connectivity index (χ1) is 22.6. The number of H-pyrrole nitrogens is 1. The van der Waals surface area contributed by atoms with Gasteiger partial charge in [0.05, 0.1) is 29.6 Å². The second-order valence-electron chi connectivity index (χ2n) is 11.3. The van der Waals surface area contributed by atoms with E-state index in [1.165, 1.54) is 18.3 Å². The molecule has 3 atom stereocenters. The van der Waals surface area contributed by atoms with E-state index in [0.717, 1.165) is 41.6 Å². The van der Waals surface area contributed by atoms with Gasteiger partial charge < -0.3 is 30.5 Å². The number of rotatable bonds is 15. The van der Waals surface area contributed by atoms with E-state index in [9.17, 15) is 29.4 Å². The largest absolute Gasteiger partial charge is 0.394 e. The molecule has 0 spiro atoms. The molecule has 0 aliphatic carbocycles. The predicted octanol–water partition coefficient (Wildman–Crippen LogP) is 2.78. The van der Waals surface area contributed by atoms with Crippen LogP contribution in [0.5, 0.6) is 0 Å². The third kappa shape index (κ3) is 10.3. The number of unbranched alkanes of at least 4 members (excludes halogenated alkanes) is 3. The Balaban J connectivity index is 1.10. The maximum absolute atomic E-state index is 12.5. The summed E-state index contributed by atoms with van der Waals surface area (Å²) in [4.78, 5) is 53.3. The average molecular weight is 648 g/mol. The van der Waals surface area contributed by atoms with Gasteiger partial charge in [0.2, 0.25) is 5.91 Å². The van der Waals surface area contributed by atoms with Crippen LogP contribution in [0.4, 0.5) is 17.1 Å². The summed E-state index contributed by atoms with van der Waals surface area (Å²) < 4.78 is 6.61. The van der Waals surface area contributed by atoms with Gasteiger partial charge in [-0.05, 0) is 67.4 Å². The van der Waals surface area contributed by atoms with Gasteiger partial charge in [0.1, 0.15) is 12.3 Å². The summed E-state index contributed by atoms with van der Waals surface area (Å²) in [7, 11) is 3.94. The molecule has 0 bridgehead atoms. The van der Waals surface area contributed by atoms with Crippen LogP contribution in [0.1, 0.15) is 54.3 Å². The second kappa shape index (κ2) is 17.1. The number of aliphatic hydroxyl groups is 2. The van der Waals surface area contributed by atoms with Gasteiger partial charge in [-0.1, -0.05) is 12.8 Å². The SMILES string of the molecule is CN(C)c1ccc(N=Nc2ccc(C(=O)NCCCCCCNC(=O)/C=C/c3cn([C@H]4C[C@H](O)[C@@H](CO)O4)c(=O)[nH]c3=O)cc2)cc1. The number of amides is 2. The van der Waals surface area contributed by atoms with Gasteiger partial charge in [0, 0.05) is 57.1 Å². The van der Waals surface area contributed by atoms with Crippen LogP contribution in [0.3, 0.4) is 0 Å². The highest BCUT2D eigenvalue weighted by molar-refractivity contribution is 5.94. The van der Waals surface area contributed by atoms with Crippen molar-refractivity contribution in [2.75, 3.05) is 38.7 Å². The molecule has 4 rings (SSSR count). The zero-order valence-electron chi connectivity index (χ0n) is 26.5. The molecule has 1 aliphatic rings. The minimum Gasteiger partial charge on any atom is -0.394 e. The van der Waals surface area contributed by atoms with Gasteiger partial charge in [-0.3, -0.25) is 23.9 Å². The molecule has 1 saturated heterocycles. The molecular formula is C33H41N7O7. The van der Waals surface area contributed by atoms with Crippen LogP contribution in [0.15, 0.2) is 80.6 Å². The van der Waals surface area contributed by atoms with E-state index in [1.54, 1.807) is 24.3 Å². The number of aromatic amines is 1. The number of benzene rings is 2. The Hall–Kier alpha value is -4.92. The van der Waals surface area contributed by atoms with E-state index in [0.29, 0.717) is 24.3 Å². The summed E-state index contributed by atoms with van der Waals surface area (Å²) in [5.74, 6) is -0.558. The van der Waals surface area contributed by atoms with Crippen molar-refractivity contribution in [2.24, 2.45) is 10.2 Å². The van der Waals surface area contributed by atoms with Crippen molar-refractivity contribution in [3.8, 4) is 0 Å². The Morgan fingerprint density at radius 2 is 1.60 bits per heavy atom. The number of nitrogens with one attached hydrogen (secondary N) is 3. The number of ether oxygens (including phenoxy) is 1. The van der Waals surface area contributed by atoms with Crippen molar-refractivity contribution in [2.45, 2.75) is 50.5 Å². The lowest BCUT2D eigenvalue weighted by Gasteiger charge is -2.14. The fourth-order valence-corrected chi connectivity index (χ4v) is 4.84. The Morgan fingerprint density at radius 1 is 0.979 bits per heavy atom. The first-order valence-electron chi connectivity index (χ1n) is 15.5. The van der Waals surface area contributed by atoms with Gasteiger partial charge in [-0.2, -0.15) is 10.2 Å². The van der Waals surface area contributed by atoms with E-state index in [2.05, 4.69) is 25.8 Å². The minimum absolute atomic E-state index is 0.0655. The van der Waals surface area contributed by atoms with Gasteiger partial charge >= 0.3 is 5.69 Å². The fraction of sp³-hybridized carbons (Fsp3) is 0.394. The van der Waals surface area contributed by atoms with Crippen LogP contribution < -0.4 is 26.8 Å². The maximum atomic E-state index is 12.5. The zero-order chi connectivity index (χ0) is 33.8. The van der Waals surface area contributed by atoms with Crippen molar-refractivity contribution < 1.29 is 24.5 Å². The lowest BCUT2D eigenvalue weighted by atomic mass is 10.1. The first-order valence-corrected chi connectivity index (χ1v) is 15.5. The molecule has 2 heterocycles. The van der Waals surface area contributed by atoms with Gasteiger partial charge in [-0.25, -0.2) is 4.79 Å². The van der Waals surface area contributed by atoms with Crippen molar-refractivity contribution >= 4 is 35.0 Å². The number of carbonyl (C=O) groups excluding carboxylic acids is 2. The number of carbonyl (C=O) groups is 2. The minimum atomic E-state index is -0.946. The van der Waals surface area contributed by atoms with Crippen LogP contribution in [0.2, 0.25) is 0 Å². The number of hydrogen-bond donors (Lipinski definition) is 5. The Bertz CT molecular complexity index is 1660. The number of anilines is 1. The molecule has 0 radical (unpaired) electrons. The van der Waals surface area contributed by atoms with E-state index in [-0.39, 0.29) is 17.9 Å². The second-order valence-corrected chi connectivity index (χ2v) is 11.3. The lowest BCUT2D eigenvalue weighted by Crippen LogP contribution is -2.33. The molecule has 1 aliphatic heterocycles. The standard InChI is InChI=1S/C33H41N7O7/c1-39(2)26-14-12-25(13-15-26)38-37-24-10-7-22(8-11-24)31(44)35-18-6-4-3-5-17-34-29(43)16-9-23-20-40(33(46)36-32(23)45)30-19-27(42)28(21-41)47-30/h7-16,20,27-28,30,41-42H,3-6,17-19,21H2,1-2H3,(H,34,43)(H,35,44)(H,36,45,46)/b16-9+,38-37?/t27-,28+,30+/m0/s1. The van der Waals surface area contributed by atoms with Crippen LogP contribution in [-0.4, -0.2) is 77.6 Å². The molecule has 250 valence electrons. The van der Waals surface area contributed by atoms with Crippen molar-refractivity contribution in [3.05, 3.63) is 92.8 Å². The fourth-order valence-electron chi connectivity index (χ4n) is 4.84. The quantitative estimate of drug-likeness (QED) is 0.0945. The number of hydrogen-bond acceptors (Lipinski definition) is 10. The van der Waals surface area contributed by atoms with E-state index in [4.69, 9.17) is 4.74 Å². The predicted molar refractivity (Wildman–Crippen MR) is 177 cm³/mol. The molecule has 47 heavy (non-hydrogen) atoms. The lowest BCUT2D eigenvalue weighted by molar-refractivity contribution is -0.116. The Morgan fingerprint density at radius 3 is 2.19 bits per heavy atom. The summed E-state index contributed by atoms with van der Waals surface area (Å²) in [6, 6.07) is 14.6. The molecule has 2 aromatic carbocycles. The summed E-state index contributed by atoms with van der Waals surface area (Å²) in [6.45, 7) is 0.561. The van der Waals surface area contributed by atoms with E-state index < -0.39 is 42.2 Å². The molecule has 14 heteroatoms. The zero-order valence-corrected chi connectivity index (χ0v) is 26.5. The van der Waals surface area contributed by atoms with E-state index >= 15 is 0 Å². The highest BCUT2D eigenvalue weighted by atomic mass is 16.5. The molecule has 3 aromatic rings. The third-order valence-electron chi connectivity index (χ3n) is 7.57. The van der Waals surface area contributed by atoms with Crippen molar-refractivity contribution in [3.63, 3.8) is 0 Å². The molecule has 1 aromatic heterocycles. The molecule has 1 fully saturated rings. The summed E-state index contributed by atoms with van der Waals surface area (Å²) in [5.41, 5.74) is 1.68. The molecule has 5 N–H and O–H groups in total. The van der Waals surface area contributed by atoms with E-state index in [1.807, 2.05) is 43.3 Å². The summed E-state index contributed by atoms with van der Waals surface area (Å²) in [5, 5.41) is 33.4. The van der Waals surface area contributed by atoms with Gasteiger partial charge in [0.15, 0.2) is 0 Å². The van der Waals surface area contributed by atoms with Crippen LogP contribution in [-0.2, 0) is 9.53 Å². The van der Waals surface area contributed by atoms with Gasteiger partial charge in [0.25, 0.3) is 11.5 Å². The molecule has 0 saturated carbocycles. The molecule has 0 unspecified atom stereocenters. The summed E-state index contributed by atoms with van der Waals surface area (Å²) >= 11 is 0. The molecule has 2 amide bonds. The first kappa shape index (κ1) is 34.9. The Labute approximate surface area is 271 Å². The Kier molecular flexibility index (Phi) is 12.7. The average Bonchev–Trinajstić information content (AvgIpc) is 3.44. The highest BCUT2D eigenvalue weighted by Gasteiger charge is 2.35. The molecular weight excluding hydrogens is 606 g/mol. The van der Waals surface area contributed by atoms with Crippen LogP contribution in [0.25, 0.3) is 6.08 Å². The maximum Gasteiger partial charge on any atom is 0.330 e.